The summed E-state index contributed by atoms with van der Waals surface area (Å²) in [6.07, 6.45) is 4.39. The Labute approximate surface area is 144 Å². The number of carbonyl (C=O) groups excluding carboxylic acids is 1. The van der Waals surface area contributed by atoms with Gasteiger partial charge in [-0.3, -0.25) is 0 Å². The van der Waals surface area contributed by atoms with Crippen LogP contribution in [0.4, 0.5) is 0 Å². The third-order valence-electron chi connectivity index (χ3n) is 4.08. The van der Waals surface area contributed by atoms with E-state index in [1.807, 2.05) is 0 Å². The van der Waals surface area contributed by atoms with E-state index in [1.165, 1.54) is 7.11 Å². The average Bonchev–Trinajstić information content (AvgIpc) is 2.58. The number of carbonyl (C=O) groups is 1. The van der Waals surface area contributed by atoms with Crippen LogP contribution in [-0.2, 0) is 14.2 Å². The second-order valence-electron chi connectivity index (χ2n) is 6.63. The molecule has 1 saturated heterocycles. The van der Waals surface area contributed by atoms with E-state index in [-0.39, 0.29) is 11.4 Å². The highest BCUT2D eigenvalue weighted by atomic mass is 16.5. The van der Waals surface area contributed by atoms with E-state index in [2.05, 4.69) is 11.7 Å². The highest BCUT2D eigenvalue weighted by Crippen LogP contribution is 2.26. The van der Waals surface area contributed by atoms with Crippen LogP contribution < -0.4 is 4.74 Å². The molecule has 0 bridgehead atoms. The molecule has 1 aromatic carbocycles. The Morgan fingerprint density at radius 3 is 2.33 bits per heavy atom. The van der Waals surface area contributed by atoms with Gasteiger partial charge in [-0.1, -0.05) is 13.3 Å². The lowest BCUT2D eigenvalue weighted by Gasteiger charge is -2.37. The van der Waals surface area contributed by atoms with Gasteiger partial charge in [-0.05, 0) is 43.5 Å². The van der Waals surface area contributed by atoms with Crippen molar-refractivity contribution in [3.8, 4) is 5.75 Å². The molecular weight excluding hydrogens is 308 g/mol. The number of rotatable bonds is 11. The van der Waals surface area contributed by atoms with Gasteiger partial charge < -0.3 is 18.9 Å². The van der Waals surface area contributed by atoms with Crippen molar-refractivity contribution in [1.29, 1.82) is 0 Å². The molecule has 0 amide bonds. The van der Waals surface area contributed by atoms with Crippen LogP contribution in [-0.4, -0.2) is 46.1 Å². The van der Waals surface area contributed by atoms with Crippen molar-refractivity contribution in [1.82, 2.24) is 0 Å². The van der Waals surface area contributed by atoms with Crippen molar-refractivity contribution in [3.05, 3.63) is 29.8 Å². The summed E-state index contributed by atoms with van der Waals surface area (Å²) in [5, 5.41) is 0. The van der Waals surface area contributed by atoms with E-state index >= 15 is 0 Å². The zero-order chi connectivity index (χ0) is 17.3. The Hall–Kier alpha value is -1.59. The van der Waals surface area contributed by atoms with Gasteiger partial charge in [-0.15, -0.1) is 0 Å². The van der Waals surface area contributed by atoms with Crippen molar-refractivity contribution in [2.24, 2.45) is 5.41 Å². The van der Waals surface area contributed by atoms with Gasteiger partial charge in [0.2, 0.25) is 0 Å². The zero-order valence-electron chi connectivity index (χ0n) is 14.7. The number of hydrogen-bond donors (Lipinski definition) is 0. The second kappa shape index (κ2) is 9.64. The molecule has 1 aliphatic heterocycles. The molecule has 134 valence electrons. The fourth-order valence-corrected chi connectivity index (χ4v) is 2.51. The first kappa shape index (κ1) is 18.7. The lowest BCUT2D eigenvalue weighted by atomic mass is 9.90. The number of esters is 1. The zero-order valence-corrected chi connectivity index (χ0v) is 14.7. The third kappa shape index (κ3) is 6.13. The molecule has 1 aliphatic rings. The fourth-order valence-electron chi connectivity index (χ4n) is 2.51. The molecule has 0 spiro atoms. The Kier molecular flexibility index (Phi) is 7.53. The van der Waals surface area contributed by atoms with Crippen molar-refractivity contribution < 1.29 is 23.7 Å². The minimum Gasteiger partial charge on any atom is -0.494 e. The Balaban J connectivity index is 1.45. The van der Waals surface area contributed by atoms with Gasteiger partial charge in [0.25, 0.3) is 0 Å². The molecule has 1 heterocycles. The van der Waals surface area contributed by atoms with Crippen LogP contribution in [0.3, 0.4) is 0 Å². The van der Waals surface area contributed by atoms with Gasteiger partial charge in [0.05, 0.1) is 39.1 Å². The van der Waals surface area contributed by atoms with E-state index < -0.39 is 0 Å². The molecule has 1 aromatic rings. The molecule has 5 nitrogen and oxygen atoms in total. The SMILES string of the molecule is COC(=O)c1ccc(OCCCCCCOCC2(C)COC2)cc1. The summed E-state index contributed by atoms with van der Waals surface area (Å²) in [4.78, 5) is 11.3. The van der Waals surface area contributed by atoms with E-state index in [9.17, 15) is 4.79 Å². The molecular formula is C19H28O5. The van der Waals surface area contributed by atoms with Crippen LogP contribution in [0.25, 0.3) is 0 Å². The topological polar surface area (TPSA) is 54.0 Å². The van der Waals surface area contributed by atoms with E-state index in [0.29, 0.717) is 12.2 Å². The van der Waals surface area contributed by atoms with Crippen LogP contribution in [0.2, 0.25) is 0 Å². The van der Waals surface area contributed by atoms with Crippen LogP contribution in [0.5, 0.6) is 5.75 Å². The van der Waals surface area contributed by atoms with Gasteiger partial charge in [0.1, 0.15) is 5.75 Å². The van der Waals surface area contributed by atoms with E-state index in [1.54, 1.807) is 24.3 Å². The molecule has 0 aromatic heterocycles. The van der Waals surface area contributed by atoms with Crippen molar-refractivity contribution in [2.75, 3.05) is 40.1 Å². The monoisotopic (exact) mass is 336 g/mol. The first-order valence-corrected chi connectivity index (χ1v) is 8.60. The van der Waals surface area contributed by atoms with Crippen molar-refractivity contribution >= 4 is 5.97 Å². The second-order valence-corrected chi connectivity index (χ2v) is 6.63. The summed E-state index contributed by atoms with van der Waals surface area (Å²) in [7, 11) is 1.37. The molecule has 24 heavy (non-hydrogen) atoms. The molecule has 0 atom stereocenters. The number of benzene rings is 1. The lowest BCUT2D eigenvalue weighted by molar-refractivity contribution is -0.137. The summed E-state index contributed by atoms with van der Waals surface area (Å²) in [5.74, 6) is 0.449. The Morgan fingerprint density at radius 1 is 1.08 bits per heavy atom. The first-order valence-electron chi connectivity index (χ1n) is 8.60. The number of unbranched alkanes of at least 4 members (excludes halogenated alkanes) is 3. The van der Waals surface area contributed by atoms with Crippen LogP contribution in [0.1, 0.15) is 43.0 Å². The number of hydrogen-bond acceptors (Lipinski definition) is 5. The van der Waals surface area contributed by atoms with Gasteiger partial charge in [-0.25, -0.2) is 4.79 Å². The molecule has 5 heteroatoms. The molecule has 0 unspecified atom stereocenters. The standard InChI is InChI=1S/C19H28O5/c1-19(14-23-15-19)13-22-11-5-3-4-6-12-24-17-9-7-16(8-10-17)18(20)21-2/h7-10H,3-6,11-15H2,1-2H3. The molecule has 0 saturated carbocycles. The quantitative estimate of drug-likeness (QED) is 0.457. The van der Waals surface area contributed by atoms with Gasteiger partial charge in [0, 0.05) is 12.0 Å². The normalized spacial score (nSPS) is 15.6. The summed E-state index contributed by atoms with van der Waals surface area (Å²) in [6.45, 7) is 6.17. The predicted octanol–water partition coefficient (Wildman–Crippen LogP) is 3.47. The molecule has 1 fully saturated rings. The average molecular weight is 336 g/mol. The molecule has 2 rings (SSSR count). The smallest absolute Gasteiger partial charge is 0.337 e. The largest absolute Gasteiger partial charge is 0.494 e. The number of methoxy groups -OCH3 is 1. The van der Waals surface area contributed by atoms with Gasteiger partial charge in [0.15, 0.2) is 0 Å². The molecule has 0 N–H and O–H groups in total. The van der Waals surface area contributed by atoms with Crippen LogP contribution in [0, 0.1) is 5.41 Å². The van der Waals surface area contributed by atoms with E-state index in [4.69, 9.17) is 14.2 Å². The Bertz CT molecular complexity index is 493. The highest BCUT2D eigenvalue weighted by molar-refractivity contribution is 5.89. The van der Waals surface area contributed by atoms with Crippen LogP contribution in [0.15, 0.2) is 24.3 Å². The molecule has 0 radical (unpaired) electrons. The summed E-state index contributed by atoms with van der Waals surface area (Å²) in [5.41, 5.74) is 0.782. The molecule has 0 aliphatic carbocycles. The van der Waals surface area contributed by atoms with Crippen molar-refractivity contribution in [2.45, 2.75) is 32.6 Å². The lowest BCUT2D eigenvalue weighted by Crippen LogP contribution is -2.43. The maximum absolute atomic E-state index is 11.3. The first-order chi connectivity index (χ1) is 11.6. The summed E-state index contributed by atoms with van der Waals surface area (Å²) in [6, 6.07) is 7.02. The highest BCUT2D eigenvalue weighted by Gasteiger charge is 2.33. The maximum atomic E-state index is 11.3. The fraction of sp³-hybridized carbons (Fsp3) is 0.632. The number of ether oxygens (including phenoxy) is 4. The van der Waals surface area contributed by atoms with Gasteiger partial charge >= 0.3 is 5.97 Å². The van der Waals surface area contributed by atoms with Crippen molar-refractivity contribution in [3.63, 3.8) is 0 Å². The summed E-state index contributed by atoms with van der Waals surface area (Å²) >= 11 is 0. The minimum absolute atomic E-state index is 0.247. The maximum Gasteiger partial charge on any atom is 0.337 e. The minimum atomic E-state index is -0.331. The van der Waals surface area contributed by atoms with E-state index in [0.717, 1.165) is 57.9 Å². The summed E-state index contributed by atoms with van der Waals surface area (Å²) < 4.78 is 21.2. The third-order valence-corrected chi connectivity index (χ3v) is 4.08. The predicted molar refractivity (Wildman–Crippen MR) is 91.5 cm³/mol. The van der Waals surface area contributed by atoms with Gasteiger partial charge in [-0.2, -0.15) is 0 Å². The van der Waals surface area contributed by atoms with Crippen LogP contribution >= 0.6 is 0 Å². The Morgan fingerprint density at radius 2 is 1.75 bits per heavy atom.